The number of piperidine rings is 2. The van der Waals surface area contributed by atoms with Crippen LogP contribution in [-0.2, 0) is 9.47 Å². The molecule has 0 amide bonds. The Morgan fingerprint density at radius 2 is 1.10 bits per heavy atom. The molecule has 0 saturated carbocycles. The van der Waals surface area contributed by atoms with Crippen molar-refractivity contribution in [2.75, 3.05) is 52.5 Å². The summed E-state index contributed by atoms with van der Waals surface area (Å²) >= 11 is 0. The predicted octanol–water partition coefficient (Wildman–Crippen LogP) is 1.88. The van der Waals surface area contributed by atoms with Gasteiger partial charge in [-0.1, -0.05) is 0 Å². The highest BCUT2D eigenvalue weighted by molar-refractivity contribution is 4.92. The zero-order chi connectivity index (χ0) is 20.6. The summed E-state index contributed by atoms with van der Waals surface area (Å²) in [6.07, 6.45) is 12.2. The van der Waals surface area contributed by atoms with Gasteiger partial charge < -0.3 is 19.3 Å². The molecular weight excluding hydrogens is 360 g/mol. The predicted molar refractivity (Wildman–Crippen MR) is 118 cm³/mol. The van der Waals surface area contributed by atoms with Crippen LogP contribution >= 0.6 is 0 Å². The van der Waals surface area contributed by atoms with E-state index in [0.29, 0.717) is 10.8 Å². The summed E-state index contributed by atoms with van der Waals surface area (Å²) in [7, 11) is 0. The quantitative estimate of drug-likeness (QED) is 0.743. The van der Waals surface area contributed by atoms with Gasteiger partial charge in [-0.3, -0.25) is 0 Å². The van der Waals surface area contributed by atoms with Gasteiger partial charge in [0.2, 0.25) is 0 Å². The van der Waals surface area contributed by atoms with Gasteiger partial charge in [0.05, 0.1) is 50.5 Å². The van der Waals surface area contributed by atoms with Crippen LogP contribution in [0.25, 0.3) is 0 Å². The van der Waals surface area contributed by atoms with Crippen LogP contribution in [0.3, 0.4) is 0 Å². The number of rotatable bonds is 4. The lowest BCUT2D eigenvalue weighted by atomic mass is 9.69. The molecule has 4 atom stereocenters. The summed E-state index contributed by atoms with van der Waals surface area (Å²) in [5.41, 5.74) is 1.30. The maximum absolute atomic E-state index is 6.04. The summed E-state index contributed by atoms with van der Waals surface area (Å²) in [6, 6.07) is 0. The van der Waals surface area contributed by atoms with Crippen molar-refractivity contribution in [3.8, 4) is 0 Å². The van der Waals surface area contributed by atoms with Gasteiger partial charge in [0.1, 0.15) is 0 Å². The second-order valence-corrected chi connectivity index (χ2v) is 12.5. The summed E-state index contributed by atoms with van der Waals surface area (Å²) in [6.45, 7) is 19.5. The van der Waals surface area contributed by atoms with E-state index < -0.39 is 0 Å². The summed E-state index contributed by atoms with van der Waals surface area (Å²) in [5.74, 6) is 0. The van der Waals surface area contributed by atoms with Gasteiger partial charge in [-0.05, 0) is 79.1 Å². The molecule has 2 N–H and O–H groups in total. The lowest BCUT2D eigenvalue weighted by Gasteiger charge is -2.48. The fourth-order valence-corrected chi connectivity index (χ4v) is 7.76. The van der Waals surface area contributed by atoms with E-state index in [1.807, 2.05) is 9.80 Å². The summed E-state index contributed by atoms with van der Waals surface area (Å²) in [5, 5.41) is 0. The lowest BCUT2D eigenvalue weighted by molar-refractivity contribution is -0.932. The van der Waals surface area contributed by atoms with Crippen LogP contribution in [0.2, 0.25) is 0 Å². The first-order valence-electron chi connectivity index (χ1n) is 12.6. The molecule has 4 aliphatic rings. The monoisotopic (exact) mass is 408 g/mol. The Kier molecular flexibility index (Phi) is 6.39. The van der Waals surface area contributed by atoms with Crippen LogP contribution in [0.1, 0.15) is 85.5 Å². The number of likely N-dealkylation sites (tertiary alicyclic amines) is 2. The summed E-state index contributed by atoms with van der Waals surface area (Å²) < 4.78 is 12.1. The molecule has 29 heavy (non-hydrogen) atoms. The Labute approximate surface area is 179 Å². The first-order chi connectivity index (χ1) is 13.7. The minimum atomic E-state index is 0.0878. The Morgan fingerprint density at radius 1 is 0.655 bits per heavy atom. The Hall–Kier alpha value is -0.160. The number of hydrogen-bond acceptors (Lipinski definition) is 2. The zero-order valence-corrected chi connectivity index (χ0v) is 19.8. The first-order valence-corrected chi connectivity index (χ1v) is 12.6. The molecule has 168 valence electrons. The third kappa shape index (κ3) is 5.56. The molecule has 4 rings (SSSR count). The molecule has 0 radical (unpaired) electrons. The third-order valence-electron chi connectivity index (χ3n) is 8.64. The molecule has 4 nitrogen and oxygen atoms in total. The SMILES string of the molecule is CC1(C)C[C@@]2(CCC[NH+](CCC[NH+]3CCC[C@@]4(CCOC(C)(C)C4)C3)C2)CCO1. The van der Waals surface area contributed by atoms with E-state index in [-0.39, 0.29) is 11.2 Å². The molecule has 4 saturated heterocycles. The Bertz CT molecular complexity index is 507. The second kappa shape index (κ2) is 8.41. The molecule has 4 heteroatoms. The highest BCUT2D eigenvalue weighted by Crippen LogP contribution is 2.43. The van der Waals surface area contributed by atoms with Crippen molar-refractivity contribution < 1.29 is 19.3 Å². The Morgan fingerprint density at radius 3 is 1.52 bits per heavy atom. The van der Waals surface area contributed by atoms with Crippen LogP contribution < -0.4 is 9.80 Å². The van der Waals surface area contributed by atoms with Crippen LogP contribution in [0, 0.1) is 10.8 Å². The third-order valence-corrected chi connectivity index (χ3v) is 8.64. The van der Waals surface area contributed by atoms with Crippen molar-refractivity contribution in [3.63, 3.8) is 0 Å². The van der Waals surface area contributed by atoms with Crippen molar-refractivity contribution in [1.29, 1.82) is 0 Å². The van der Waals surface area contributed by atoms with E-state index in [1.54, 1.807) is 0 Å². The van der Waals surface area contributed by atoms with E-state index in [2.05, 4.69) is 27.7 Å². The average molecular weight is 409 g/mol. The molecule has 4 fully saturated rings. The fraction of sp³-hybridized carbons (Fsp3) is 1.00. The molecule has 2 unspecified atom stereocenters. The van der Waals surface area contributed by atoms with Crippen molar-refractivity contribution in [2.45, 2.75) is 96.7 Å². The van der Waals surface area contributed by atoms with Gasteiger partial charge in [-0.15, -0.1) is 0 Å². The Balaban J connectivity index is 1.25. The highest BCUT2D eigenvalue weighted by Gasteiger charge is 2.46. The van der Waals surface area contributed by atoms with Crippen LogP contribution in [0.4, 0.5) is 0 Å². The minimum absolute atomic E-state index is 0.0878. The molecule has 0 aromatic carbocycles. The lowest BCUT2D eigenvalue weighted by Crippen LogP contribution is -3.17. The minimum Gasteiger partial charge on any atom is -0.376 e. The van der Waals surface area contributed by atoms with E-state index in [4.69, 9.17) is 9.47 Å². The van der Waals surface area contributed by atoms with Crippen molar-refractivity contribution in [1.82, 2.24) is 0 Å². The van der Waals surface area contributed by atoms with E-state index in [0.717, 1.165) is 13.2 Å². The molecular formula is C25H48N2O2+2. The molecule has 2 spiro atoms. The second-order valence-electron chi connectivity index (χ2n) is 12.5. The van der Waals surface area contributed by atoms with Crippen molar-refractivity contribution in [2.24, 2.45) is 10.8 Å². The molecule has 0 aliphatic carbocycles. The van der Waals surface area contributed by atoms with Crippen molar-refractivity contribution in [3.05, 3.63) is 0 Å². The number of ether oxygens (including phenoxy) is 2. The highest BCUT2D eigenvalue weighted by atomic mass is 16.5. The standard InChI is InChI=1S/C25H46N2O2/c1-22(2)18-24(10-16-28-22)8-5-12-26(20-24)14-7-15-27-13-6-9-25(21-27)11-17-29-23(3,4)19-25/h5-21H2,1-4H3/p+2/t24-,25+. The number of hydrogen-bond donors (Lipinski definition) is 2. The fourth-order valence-electron chi connectivity index (χ4n) is 7.76. The van der Waals surface area contributed by atoms with Gasteiger partial charge >= 0.3 is 0 Å². The maximum Gasteiger partial charge on any atom is 0.0830 e. The maximum atomic E-state index is 6.04. The topological polar surface area (TPSA) is 27.3 Å². The molecule has 4 heterocycles. The van der Waals surface area contributed by atoms with Gasteiger partial charge in [0.15, 0.2) is 0 Å². The van der Waals surface area contributed by atoms with Gasteiger partial charge in [0.25, 0.3) is 0 Å². The van der Waals surface area contributed by atoms with Gasteiger partial charge in [-0.25, -0.2) is 0 Å². The zero-order valence-electron chi connectivity index (χ0n) is 19.8. The van der Waals surface area contributed by atoms with E-state index in [1.165, 1.54) is 97.1 Å². The van der Waals surface area contributed by atoms with Gasteiger partial charge in [-0.2, -0.15) is 0 Å². The van der Waals surface area contributed by atoms with Crippen LogP contribution in [0.15, 0.2) is 0 Å². The first kappa shape index (κ1) is 22.0. The van der Waals surface area contributed by atoms with Crippen LogP contribution in [-0.4, -0.2) is 63.7 Å². The molecule has 0 aromatic rings. The summed E-state index contributed by atoms with van der Waals surface area (Å²) in [4.78, 5) is 3.76. The number of nitrogens with one attached hydrogen (secondary N) is 2. The van der Waals surface area contributed by atoms with E-state index >= 15 is 0 Å². The number of quaternary nitrogens is 2. The molecule has 0 aromatic heterocycles. The van der Waals surface area contributed by atoms with Gasteiger partial charge in [0, 0.05) is 30.5 Å². The average Bonchev–Trinajstić information content (AvgIpc) is 2.60. The largest absolute Gasteiger partial charge is 0.376 e. The van der Waals surface area contributed by atoms with Crippen molar-refractivity contribution >= 4 is 0 Å². The van der Waals surface area contributed by atoms with Crippen LogP contribution in [0.5, 0.6) is 0 Å². The molecule has 4 aliphatic heterocycles. The molecule has 0 bridgehead atoms. The van der Waals surface area contributed by atoms with E-state index in [9.17, 15) is 0 Å². The normalized spacial score (nSPS) is 42.2. The smallest absolute Gasteiger partial charge is 0.0830 e.